The van der Waals surface area contributed by atoms with Crippen LogP contribution in [0, 0.1) is 0 Å². The maximum atomic E-state index is 12.2. The summed E-state index contributed by atoms with van der Waals surface area (Å²) >= 11 is 17.8. The third-order valence-electron chi connectivity index (χ3n) is 3.21. The molecule has 0 radical (unpaired) electrons. The average Bonchev–Trinajstić information content (AvgIpc) is 2.53. The van der Waals surface area contributed by atoms with E-state index in [4.69, 9.17) is 39.5 Å². The molecule has 4 nitrogen and oxygen atoms in total. The van der Waals surface area contributed by atoms with E-state index in [1.165, 1.54) is 19.1 Å². The molecule has 2 aromatic rings. The maximum Gasteiger partial charge on any atom is 0.265 e. The summed E-state index contributed by atoms with van der Waals surface area (Å²) in [5.41, 5.74) is 1.13. The number of anilines is 1. The maximum absolute atomic E-state index is 12.2. The number of Topliss-reactive ketones (excluding diaryl/α,β-unsaturated/α-hetero) is 1. The Kier molecular flexibility index (Phi) is 6.10. The van der Waals surface area contributed by atoms with Crippen LogP contribution < -0.4 is 10.1 Å². The van der Waals surface area contributed by atoms with Crippen molar-refractivity contribution < 1.29 is 14.3 Å². The molecular weight excluding hydrogens is 373 g/mol. The molecule has 1 atom stereocenters. The molecule has 1 amide bonds. The monoisotopic (exact) mass is 385 g/mol. The summed E-state index contributed by atoms with van der Waals surface area (Å²) in [6.45, 7) is 3.06. The van der Waals surface area contributed by atoms with Gasteiger partial charge in [-0.05, 0) is 44.2 Å². The molecule has 2 rings (SSSR count). The van der Waals surface area contributed by atoms with Gasteiger partial charge in [0.25, 0.3) is 5.91 Å². The van der Waals surface area contributed by atoms with E-state index in [9.17, 15) is 9.59 Å². The third-order valence-corrected chi connectivity index (χ3v) is 4.22. The number of nitrogens with one attached hydrogen (secondary N) is 1. The molecule has 0 aliphatic rings. The Balaban J connectivity index is 2.04. The summed E-state index contributed by atoms with van der Waals surface area (Å²) in [6.07, 6.45) is -0.813. The Morgan fingerprint density at radius 2 is 1.58 bits per heavy atom. The zero-order valence-corrected chi connectivity index (χ0v) is 15.2. The minimum absolute atomic E-state index is 0.0427. The van der Waals surface area contributed by atoms with Gasteiger partial charge in [0.15, 0.2) is 11.9 Å². The molecule has 126 valence electrons. The van der Waals surface area contributed by atoms with Gasteiger partial charge in [-0.25, -0.2) is 0 Å². The fourth-order valence-corrected chi connectivity index (χ4v) is 2.45. The van der Waals surface area contributed by atoms with Gasteiger partial charge in [-0.1, -0.05) is 34.8 Å². The second-order valence-electron chi connectivity index (χ2n) is 5.08. The first kappa shape index (κ1) is 18.6. The minimum atomic E-state index is -0.813. The van der Waals surface area contributed by atoms with Crippen LogP contribution in [-0.2, 0) is 4.79 Å². The molecule has 24 heavy (non-hydrogen) atoms. The number of hydrogen-bond donors (Lipinski definition) is 1. The topological polar surface area (TPSA) is 55.4 Å². The Labute approximate surface area is 154 Å². The first-order chi connectivity index (χ1) is 11.3. The number of carbonyl (C=O) groups is 2. The van der Waals surface area contributed by atoms with Crippen LogP contribution in [0.1, 0.15) is 24.2 Å². The van der Waals surface area contributed by atoms with Crippen molar-refractivity contribution in [1.82, 2.24) is 0 Å². The smallest absolute Gasteiger partial charge is 0.265 e. The number of amides is 1. The van der Waals surface area contributed by atoms with Crippen LogP contribution in [0.15, 0.2) is 36.4 Å². The second-order valence-corrected chi connectivity index (χ2v) is 6.30. The SMILES string of the molecule is CC(=O)c1ccc(NC(=O)C(C)Oc2cc(Cl)c(Cl)cc2Cl)cc1. The highest BCUT2D eigenvalue weighted by atomic mass is 35.5. The standard InChI is InChI=1S/C17H14Cl3NO3/c1-9(22)11-3-5-12(6-4-11)21-17(23)10(2)24-16-8-14(19)13(18)7-15(16)20/h3-8,10H,1-2H3,(H,21,23). The Morgan fingerprint density at radius 3 is 2.17 bits per heavy atom. The van der Waals surface area contributed by atoms with Crippen LogP contribution in [0.2, 0.25) is 15.1 Å². The number of hydrogen-bond acceptors (Lipinski definition) is 3. The second kappa shape index (κ2) is 7.88. The van der Waals surface area contributed by atoms with Crippen LogP contribution in [0.3, 0.4) is 0 Å². The van der Waals surface area contributed by atoms with Crippen molar-refractivity contribution >= 4 is 52.2 Å². The van der Waals surface area contributed by atoms with Crippen molar-refractivity contribution in [2.45, 2.75) is 20.0 Å². The van der Waals surface area contributed by atoms with Gasteiger partial charge < -0.3 is 10.1 Å². The average molecular weight is 387 g/mol. The number of halogens is 3. The summed E-state index contributed by atoms with van der Waals surface area (Å²) < 4.78 is 5.54. The van der Waals surface area contributed by atoms with Gasteiger partial charge in [0.2, 0.25) is 0 Å². The normalized spacial score (nSPS) is 11.7. The number of ketones is 1. The lowest BCUT2D eigenvalue weighted by Gasteiger charge is -2.16. The molecule has 2 aromatic carbocycles. The first-order valence-electron chi connectivity index (χ1n) is 7.01. The van der Waals surface area contributed by atoms with Crippen molar-refractivity contribution in [2.24, 2.45) is 0 Å². The Bertz CT molecular complexity index is 775. The first-order valence-corrected chi connectivity index (χ1v) is 8.14. The third kappa shape index (κ3) is 4.63. The van der Waals surface area contributed by atoms with E-state index in [1.54, 1.807) is 31.2 Å². The number of ether oxygens (including phenoxy) is 1. The number of rotatable bonds is 5. The van der Waals surface area contributed by atoms with E-state index in [1.807, 2.05) is 0 Å². The van der Waals surface area contributed by atoms with Gasteiger partial charge >= 0.3 is 0 Å². The largest absolute Gasteiger partial charge is 0.479 e. The van der Waals surface area contributed by atoms with E-state index in [2.05, 4.69) is 5.32 Å². The molecule has 0 aliphatic carbocycles. The molecule has 0 aromatic heterocycles. The predicted molar refractivity (Wildman–Crippen MR) is 96.6 cm³/mol. The minimum Gasteiger partial charge on any atom is -0.479 e. The van der Waals surface area contributed by atoms with Crippen molar-refractivity contribution in [1.29, 1.82) is 0 Å². The summed E-state index contributed by atoms with van der Waals surface area (Å²) in [6, 6.07) is 9.48. The van der Waals surface area contributed by atoms with Crippen molar-refractivity contribution in [3.05, 3.63) is 57.0 Å². The predicted octanol–water partition coefficient (Wildman–Crippen LogP) is 5.26. The van der Waals surface area contributed by atoms with E-state index in [0.717, 1.165) is 0 Å². The van der Waals surface area contributed by atoms with Gasteiger partial charge in [0.1, 0.15) is 5.75 Å². The molecular formula is C17H14Cl3NO3. The molecule has 0 aliphatic heterocycles. The van der Waals surface area contributed by atoms with Gasteiger partial charge in [-0.3, -0.25) is 9.59 Å². The van der Waals surface area contributed by atoms with Gasteiger partial charge in [0.05, 0.1) is 15.1 Å². The van der Waals surface area contributed by atoms with Crippen LogP contribution >= 0.6 is 34.8 Å². The van der Waals surface area contributed by atoms with Crippen molar-refractivity contribution in [3.63, 3.8) is 0 Å². The quantitative estimate of drug-likeness (QED) is 0.563. The fraction of sp³-hybridized carbons (Fsp3) is 0.176. The number of benzene rings is 2. The van der Waals surface area contributed by atoms with E-state index in [0.29, 0.717) is 16.3 Å². The fourth-order valence-electron chi connectivity index (χ4n) is 1.87. The van der Waals surface area contributed by atoms with Crippen LogP contribution in [0.4, 0.5) is 5.69 Å². The van der Waals surface area contributed by atoms with Crippen LogP contribution in [-0.4, -0.2) is 17.8 Å². The van der Waals surface area contributed by atoms with Gasteiger partial charge in [-0.15, -0.1) is 0 Å². The van der Waals surface area contributed by atoms with Crippen molar-refractivity contribution in [3.8, 4) is 5.75 Å². The van der Waals surface area contributed by atoms with Crippen LogP contribution in [0.25, 0.3) is 0 Å². The van der Waals surface area contributed by atoms with E-state index in [-0.39, 0.29) is 27.5 Å². The highest BCUT2D eigenvalue weighted by molar-refractivity contribution is 6.43. The summed E-state index contributed by atoms with van der Waals surface area (Å²) in [5, 5.41) is 3.54. The number of carbonyl (C=O) groups excluding carboxylic acids is 2. The Hall–Kier alpha value is -1.75. The molecule has 0 fully saturated rings. The zero-order chi connectivity index (χ0) is 17.9. The lowest BCUT2D eigenvalue weighted by Crippen LogP contribution is -2.30. The van der Waals surface area contributed by atoms with E-state index < -0.39 is 6.10 Å². The van der Waals surface area contributed by atoms with Crippen LogP contribution in [0.5, 0.6) is 5.75 Å². The lowest BCUT2D eigenvalue weighted by atomic mass is 10.1. The molecule has 1 N–H and O–H groups in total. The molecule has 0 saturated carbocycles. The van der Waals surface area contributed by atoms with Gasteiger partial charge in [-0.2, -0.15) is 0 Å². The molecule has 1 unspecified atom stereocenters. The highest BCUT2D eigenvalue weighted by Crippen LogP contribution is 2.34. The van der Waals surface area contributed by atoms with Gasteiger partial charge in [0, 0.05) is 17.3 Å². The molecule has 0 saturated heterocycles. The Morgan fingerprint density at radius 1 is 1.00 bits per heavy atom. The molecule has 0 spiro atoms. The highest BCUT2D eigenvalue weighted by Gasteiger charge is 2.17. The summed E-state index contributed by atoms with van der Waals surface area (Å²) in [7, 11) is 0. The summed E-state index contributed by atoms with van der Waals surface area (Å²) in [5.74, 6) is -0.146. The molecule has 7 heteroatoms. The zero-order valence-electron chi connectivity index (χ0n) is 12.9. The molecule has 0 bridgehead atoms. The molecule has 0 heterocycles. The van der Waals surface area contributed by atoms with Crippen molar-refractivity contribution in [2.75, 3.05) is 5.32 Å². The van der Waals surface area contributed by atoms with E-state index >= 15 is 0 Å². The summed E-state index contributed by atoms with van der Waals surface area (Å²) in [4.78, 5) is 23.4. The lowest BCUT2D eigenvalue weighted by molar-refractivity contribution is -0.122.